The molecule has 1 aromatic carbocycles. The molecule has 2 aliphatic rings. The van der Waals surface area contributed by atoms with Crippen LogP contribution in [0.2, 0.25) is 0 Å². The molecule has 0 spiro atoms. The van der Waals surface area contributed by atoms with Crippen molar-refractivity contribution in [2.75, 3.05) is 32.7 Å². The van der Waals surface area contributed by atoms with E-state index in [1.165, 1.54) is 12.8 Å². The van der Waals surface area contributed by atoms with Crippen LogP contribution in [-0.2, 0) is 16.1 Å². The average molecular weight is 415 g/mol. The molecule has 0 radical (unpaired) electrons. The minimum atomic E-state index is -0.195. The van der Waals surface area contributed by atoms with Gasteiger partial charge in [-0.3, -0.25) is 4.79 Å². The molecule has 1 amide bonds. The minimum absolute atomic E-state index is 0.195. The molecule has 3 rings (SSSR count). The molecular weight excluding hydrogens is 376 g/mol. The molecule has 1 aromatic rings. The van der Waals surface area contributed by atoms with E-state index in [-0.39, 0.29) is 6.09 Å². The summed E-state index contributed by atoms with van der Waals surface area (Å²) in [6.45, 7) is 7.28. The molecule has 30 heavy (non-hydrogen) atoms. The van der Waals surface area contributed by atoms with Gasteiger partial charge < -0.3 is 14.5 Å². The fraction of sp³-hybridized carbons (Fsp3) is 0.680. The standard InChI is InChI=1S/C25H38N2O3/c1-2-3-5-10-24(28)23-13-15-26(16-14-23)19-21-11-17-27(18-12-21)25(29)30-20-22-8-6-4-7-9-22/h4,6-9,21,23H,2-3,5,10-20H2,1H3. The van der Waals surface area contributed by atoms with Crippen LogP contribution in [0.25, 0.3) is 0 Å². The third-order valence-corrected chi connectivity index (χ3v) is 6.66. The van der Waals surface area contributed by atoms with Gasteiger partial charge in [0.25, 0.3) is 0 Å². The van der Waals surface area contributed by atoms with Crippen molar-refractivity contribution in [2.45, 2.75) is 64.9 Å². The van der Waals surface area contributed by atoms with Crippen molar-refractivity contribution in [2.24, 2.45) is 11.8 Å². The number of rotatable bonds is 9. The third-order valence-electron chi connectivity index (χ3n) is 6.66. The van der Waals surface area contributed by atoms with Crippen LogP contribution in [0.15, 0.2) is 30.3 Å². The number of hydrogen-bond donors (Lipinski definition) is 0. The quantitative estimate of drug-likeness (QED) is 0.540. The zero-order valence-corrected chi connectivity index (χ0v) is 18.6. The lowest BCUT2D eigenvalue weighted by molar-refractivity contribution is -0.124. The van der Waals surface area contributed by atoms with Crippen LogP contribution in [-0.4, -0.2) is 54.4 Å². The Labute approximate surface area is 181 Å². The molecule has 2 fully saturated rings. The highest BCUT2D eigenvalue weighted by atomic mass is 16.6. The van der Waals surface area contributed by atoms with Crippen LogP contribution in [0.3, 0.4) is 0 Å². The van der Waals surface area contributed by atoms with Gasteiger partial charge in [-0.1, -0.05) is 50.1 Å². The van der Waals surface area contributed by atoms with Crippen LogP contribution >= 0.6 is 0 Å². The Morgan fingerprint density at radius 2 is 1.67 bits per heavy atom. The number of nitrogens with zero attached hydrogens (tertiary/aromatic N) is 2. The molecule has 0 N–H and O–H groups in total. The van der Waals surface area contributed by atoms with E-state index >= 15 is 0 Å². The van der Waals surface area contributed by atoms with E-state index in [0.717, 1.165) is 76.8 Å². The first kappa shape index (κ1) is 22.8. The van der Waals surface area contributed by atoms with Crippen molar-refractivity contribution < 1.29 is 14.3 Å². The lowest BCUT2D eigenvalue weighted by Gasteiger charge is -2.37. The molecule has 2 aliphatic heterocycles. The van der Waals surface area contributed by atoms with Gasteiger partial charge in [0.15, 0.2) is 0 Å². The van der Waals surface area contributed by atoms with E-state index in [4.69, 9.17) is 4.74 Å². The predicted molar refractivity (Wildman–Crippen MR) is 119 cm³/mol. The van der Waals surface area contributed by atoms with Crippen molar-refractivity contribution in [3.63, 3.8) is 0 Å². The summed E-state index contributed by atoms with van der Waals surface area (Å²) >= 11 is 0. The molecule has 0 atom stereocenters. The number of unbranched alkanes of at least 4 members (excludes halogenated alkanes) is 2. The summed E-state index contributed by atoms with van der Waals surface area (Å²) in [6, 6.07) is 9.83. The molecule has 2 heterocycles. The lowest BCUT2D eigenvalue weighted by Crippen LogP contribution is -2.44. The fourth-order valence-corrected chi connectivity index (χ4v) is 4.66. The zero-order valence-electron chi connectivity index (χ0n) is 18.6. The first-order valence-electron chi connectivity index (χ1n) is 11.9. The van der Waals surface area contributed by atoms with Crippen LogP contribution in [0.1, 0.15) is 63.9 Å². The van der Waals surface area contributed by atoms with E-state index in [1.807, 2.05) is 35.2 Å². The third kappa shape index (κ3) is 7.12. The Bertz CT molecular complexity index is 648. The number of carbonyl (C=O) groups is 2. The molecule has 166 valence electrons. The molecule has 2 saturated heterocycles. The van der Waals surface area contributed by atoms with Crippen molar-refractivity contribution in [1.82, 2.24) is 9.80 Å². The summed E-state index contributed by atoms with van der Waals surface area (Å²) in [5, 5.41) is 0. The second kappa shape index (κ2) is 12.1. The number of piperidine rings is 2. The summed E-state index contributed by atoms with van der Waals surface area (Å²) < 4.78 is 5.47. The lowest BCUT2D eigenvalue weighted by atomic mass is 9.88. The number of likely N-dealkylation sites (tertiary alicyclic amines) is 2. The molecular formula is C25H38N2O3. The minimum Gasteiger partial charge on any atom is -0.445 e. The number of ketones is 1. The number of benzene rings is 1. The van der Waals surface area contributed by atoms with Gasteiger partial charge in [0.2, 0.25) is 0 Å². The highest BCUT2D eigenvalue weighted by Crippen LogP contribution is 2.24. The number of Topliss-reactive ketones (excluding diaryl/α,β-unsaturated/α-hetero) is 1. The highest BCUT2D eigenvalue weighted by Gasteiger charge is 2.28. The molecule has 0 saturated carbocycles. The van der Waals surface area contributed by atoms with Crippen molar-refractivity contribution in [3.05, 3.63) is 35.9 Å². The molecule has 5 nitrogen and oxygen atoms in total. The van der Waals surface area contributed by atoms with Gasteiger partial charge in [0.1, 0.15) is 12.4 Å². The fourth-order valence-electron chi connectivity index (χ4n) is 4.66. The van der Waals surface area contributed by atoms with Gasteiger partial charge in [-0.05, 0) is 56.7 Å². The summed E-state index contributed by atoms with van der Waals surface area (Å²) in [6.07, 6.45) is 8.11. The van der Waals surface area contributed by atoms with Crippen molar-refractivity contribution in [1.29, 1.82) is 0 Å². The van der Waals surface area contributed by atoms with Gasteiger partial charge >= 0.3 is 6.09 Å². The van der Waals surface area contributed by atoms with Gasteiger partial charge in [-0.15, -0.1) is 0 Å². The number of carbonyl (C=O) groups excluding carboxylic acids is 2. The van der Waals surface area contributed by atoms with Crippen molar-refractivity contribution >= 4 is 11.9 Å². The average Bonchev–Trinajstić information content (AvgIpc) is 2.79. The topological polar surface area (TPSA) is 49.9 Å². The van der Waals surface area contributed by atoms with Gasteiger partial charge in [0, 0.05) is 32.0 Å². The summed E-state index contributed by atoms with van der Waals surface area (Å²) in [7, 11) is 0. The van der Waals surface area contributed by atoms with Gasteiger partial charge in [0.05, 0.1) is 0 Å². The molecule has 0 unspecified atom stereocenters. The summed E-state index contributed by atoms with van der Waals surface area (Å²) in [5.74, 6) is 1.42. The predicted octanol–water partition coefficient (Wildman–Crippen LogP) is 4.90. The van der Waals surface area contributed by atoms with Crippen LogP contribution in [0.4, 0.5) is 4.79 Å². The number of ether oxygens (including phenoxy) is 1. The van der Waals surface area contributed by atoms with E-state index in [9.17, 15) is 9.59 Å². The monoisotopic (exact) mass is 414 g/mol. The summed E-state index contributed by atoms with van der Waals surface area (Å²) in [4.78, 5) is 29.0. The normalized spacial score (nSPS) is 19.0. The Morgan fingerprint density at radius 1 is 0.967 bits per heavy atom. The highest BCUT2D eigenvalue weighted by molar-refractivity contribution is 5.81. The van der Waals surface area contributed by atoms with E-state index < -0.39 is 0 Å². The van der Waals surface area contributed by atoms with Gasteiger partial charge in [-0.25, -0.2) is 4.79 Å². The largest absolute Gasteiger partial charge is 0.445 e. The Hall–Kier alpha value is -1.88. The second-order valence-corrected chi connectivity index (χ2v) is 8.97. The molecule has 0 bridgehead atoms. The Morgan fingerprint density at radius 3 is 2.33 bits per heavy atom. The van der Waals surface area contributed by atoms with Crippen LogP contribution in [0, 0.1) is 11.8 Å². The molecule has 5 heteroatoms. The van der Waals surface area contributed by atoms with E-state index in [1.54, 1.807) is 0 Å². The van der Waals surface area contributed by atoms with E-state index in [0.29, 0.717) is 24.2 Å². The molecule has 0 aliphatic carbocycles. The van der Waals surface area contributed by atoms with Crippen LogP contribution < -0.4 is 0 Å². The first-order valence-corrected chi connectivity index (χ1v) is 11.9. The van der Waals surface area contributed by atoms with Crippen LogP contribution in [0.5, 0.6) is 0 Å². The number of amides is 1. The maximum Gasteiger partial charge on any atom is 0.410 e. The number of hydrogen-bond acceptors (Lipinski definition) is 4. The maximum absolute atomic E-state index is 12.3. The maximum atomic E-state index is 12.3. The SMILES string of the molecule is CCCCCC(=O)C1CCN(CC2CCN(C(=O)OCc3ccccc3)CC2)CC1. The summed E-state index contributed by atoms with van der Waals surface area (Å²) in [5.41, 5.74) is 1.02. The zero-order chi connectivity index (χ0) is 21.2. The second-order valence-electron chi connectivity index (χ2n) is 8.97. The smallest absolute Gasteiger partial charge is 0.410 e. The van der Waals surface area contributed by atoms with Gasteiger partial charge in [-0.2, -0.15) is 0 Å². The Kier molecular flexibility index (Phi) is 9.19. The molecule has 0 aromatic heterocycles. The Balaban J connectivity index is 1.30. The van der Waals surface area contributed by atoms with Crippen molar-refractivity contribution in [3.8, 4) is 0 Å². The van der Waals surface area contributed by atoms with E-state index in [2.05, 4.69) is 11.8 Å². The first-order chi connectivity index (χ1) is 14.7.